The van der Waals surface area contributed by atoms with Crippen molar-refractivity contribution in [3.05, 3.63) is 12.2 Å². The van der Waals surface area contributed by atoms with Crippen LogP contribution < -0.4 is 0 Å². The first-order chi connectivity index (χ1) is 14.6. The molecule has 2 aliphatic heterocycles. The van der Waals surface area contributed by atoms with Gasteiger partial charge in [-0.3, -0.25) is 19.2 Å². The van der Waals surface area contributed by atoms with Crippen LogP contribution in [-0.2, 0) is 57.1 Å². The van der Waals surface area contributed by atoms with Gasteiger partial charge in [0.25, 0.3) is 0 Å². The molecule has 31 heavy (non-hydrogen) atoms. The molecule has 0 saturated carbocycles. The third-order valence-electron chi connectivity index (χ3n) is 4.09. The van der Waals surface area contributed by atoms with Gasteiger partial charge in [-0.1, -0.05) is 0 Å². The molecule has 6 atom stereocenters. The van der Waals surface area contributed by atoms with E-state index in [0.717, 1.165) is 20.8 Å². The molecule has 2 heterocycles. The Balaban J connectivity index is 2.30. The van der Waals surface area contributed by atoms with Crippen LogP contribution in [-0.4, -0.2) is 79.9 Å². The second kappa shape index (κ2) is 10.9. The number of cyclic esters (lactones) is 1. The molecule has 0 N–H and O–H groups in total. The van der Waals surface area contributed by atoms with Crippen LogP contribution in [0.4, 0.5) is 0 Å². The summed E-state index contributed by atoms with van der Waals surface area (Å²) in [4.78, 5) is 57.5. The van der Waals surface area contributed by atoms with Crippen LogP contribution in [0.2, 0.25) is 0 Å². The van der Waals surface area contributed by atoms with E-state index in [4.69, 9.17) is 33.2 Å². The van der Waals surface area contributed by atoms with Crippen molar-refractivity contribution < 1.29 is 57.1 Å². The van der Waals surface area contributed by atoms with Gasteiger partial charge in [-0.25, -0.2) is 4.79 Å². The highest BCUT2D eigenvalue weighted by Crippen LogP contribution is 2.30. The van der Waals surface area contributed by atoms with Crippen LogP contribution in [0.3, 0.4) is 0 Å². The number of carbonyl (C=O) groups is 5. The van der Waals surface area contributed by atoms with Gasteiger partial charge in [0, 0.05) is 33.8 Å². The van der Waals surface area contributed by atoms with E-state index >= 15 is 0 Å². The van der Waals surface area contributed by atoms with E-state index in [1.807, 2.05) is 0 Å². The maximum absolute atomic E-state index is 11.7. The summed E-state index contributed by atoms with van der Waals surface area (Å²) in [5.41, 5.74) is 0. The molecule has 0 aromatic heterocycles. The third-order valence-corrected chi connectivity index (χ3v) is 4.09. The molecule has 1 fully saturated rings. The van der Waals surface area contributed by atoms with Gasteiger partial charge in [-0.2, -0.15) is 0 Å². The maximum atomic E-state index is 11.7. The number of hydrogen-bond acceptors (Lipinski definition) is 12. The highest BCUT2D eigenvalue weighted by molar-refractivity contribution is 5.84. The fourth-order valence-electron chi connectivity index (χ4n) is 3.02. The Bertz CT molecular complexity index is 744. The number of carbonyl (C=O) groups excluding carboxylic acids is 5. The van der Waals surface area contributed by atoms with Gasteiger partial charge in [-0.15, -0.1) is 0 Å². The number of hydrogen-bond donors (Lipinski definition) is 0. The Morgan fingerprint density at radius 2 is 1.42 bits per heavy atom. The van der Waals surface area contributed by atoms with Gasteiger partial charge in [0.15, 0.2) is 24.6 Å². The predicted octanol–water partition coefficient (Wildman–Crippen LogP) is -0.432. The lowest BCUT2D eigenvalue weighted by Gasteiger charge is -2.44. The highest BCUT2D eigenvalue weighted by Gasteiger charge is 2.52. The summed E-state index contributed by atoms with van der Waals surface area (Å²) >= 11 is 0. The zero-order valence-electron chi connectivity index (χ0n) is 17.4. The topological polar surface area (TPSA) is 150 Å². The summed E-state index contributed by atoms with van der Waals surface area (Å²) < 4.78 is 37.1. The third kappa shape index (κ3) is 7.33. The molecule has 12 nitrogen and oxygen atoms in total. The van der Waals surface area contributed by atoms with Crippen molar-refractivity contribution in [2.45, 2.75) is 64.5 Å². The van der Waals surface area contributed by atoms with Crippen molar-refractivity contribution in [2.75, 3.05) is 13.2 Å². The average Bonchev–Trinajstić information content (AvgIpc) is 3.06. The predicted molar refractivity (Wildman–Crippen MR) is 96.9 cm³/mol. The molecule has 2 aliphatic rings. The largest absolute Gasteiger partial charge is 0.463 e. The second-order valence-corrected chi connectivity index (χ2v) is 6.74. The van der Waals surface area contributed by atoms with E-state index in [1.54, 1.807) is 0 Å². The molecule has 0 aromatic carbocycles. The van der Waals surface area contributed by atoms with Crippen molar-refractivity contribution in [1.82, 2.24) is 0 Å². The van der Waals surface area contributed by atoms with E-state index in [1.165, 1.54) is 19.1 Å². The van der Waals surface area contributed by atoms with Gasteiger partial charge >= 0.3 is 29.8 Å². The normalized spacial score (nSPS) is 29.6. The van der Waals surface area contributed by atoms with Gasteiger partial charge < -0.3 is 33.2 Å². The molecule has 12 heteroatoms. The molecular formula is C19H24O12. The van der Waals surface area contributed by atoms with Gasteiger partial charge in [0.2, 0.25) is 0 Å². The second-order valence-electron chi connectivity index (χ2n) is 6.74. The van der Waals surface area contributed by atoms with Crippen LogP contribution >= 0.6 is 0 Å². The molecule has 0 aliphatic carbocycles. The summed E-state index contributed by atoms with van der Waals surface area (Å²) in [5, 5.41) is 0. The Morgan fingerprint density at radius 1 is 0.839 bits per heavy atom. The average molecular weight is 444 g/mol. The molecule has 172 valence electrons. The van der Waals surface area contributed by atoms with E-state index in [-0.39, 0.29) is 13.2 Å². The lowest BCUT2D eigenvalue weighted by atomic mass is 9.98. The number of rotatable bonds is 8. The van der Waals surface area contributed by atoms with Gasteiger partial charge in [0.1, 0.15) is 18.8 Å². The van der Waals surface area contributed by atoms with E-state index < -0.39 is 66.7 Å². The fourth-order valence-corrected chi connectivity index (χ4v) is 3.02. The summed E-state index contributed by atoms with van der Waals surface area (Å²) in [6, 6.07) is 0. The summed E-state index contributed by atoms with van der Waals surface area (Å²) in [6.45, 7) is 3.99. The molecule has 0 aromatic rings. The smallest absolute Gasteiger partial charge is 0.331 e. The number of esters is 5. The maximum Gasteiger partial charge on any atom is 0.331 e. The molecule has 0 radical (unpaired) electrons. The zero-order chi connectivity index (χ0) is 23.1. The van der Waals surface area contributed by atoms with Gasteiger partial charge in [-0.05, 0) is 6.08 Å². The summed E-state index contributed by atoms with van der Waals surface area (Å²) in [7, 11) is 0. The Hall–Kier alpha value is -2.99. The minimum atomic E-state index is -1.33. The Kier molecular flexibility index (Phi) is 8.51. The van der Waals surface area contributed by atoms with Crippen LogP contribution in [0.25, 0.3) is 0 Å². The molecular weight excluding hydrogens is 420 g/mol. The molecule has 0 spiro atoms. The van der Waals surface area contributed by atoms with E-state index in [2.05, 4.69) is 0 Å². The first kappa shape index (κ1) is 24.3. The first-order valence-corrected chi connectivity index (χ1v) is 9.37. The SMILES string of the molecule is CC(=O)OC[C@H]1O[C@@H](OCC2C=CC(=O)O2)[C@H](OC(C)=O)[C@@H](OC(C)=O)[C@@H]1OC(C)=O. The Morgan fingerprint density at radius 3 is 1.94 bits per heavy atom. The first-order valence-electron chi connectivity index (χ1n) is 9.37. The monoisotopic (exact) mass is 444 g/mol. The highest BCUT2D eigenvalue weighted by atomic mass is 16.7. The van der Waals surface area contributed by atoms with Crippen molar-refractivity contribution in [3.8, 4) is 0 Å². The fraction of sp³-hybridized carbons (Fsp3) is 0.632. The lowest BCUT2D eigenvalue weighted by molar-refractivity contribution is -0.310. The van der Waals surface area contributed by atoms with Crippen LogP contribution in [0.1, 0.15) is 27.7 Å². The van der Waals surface area contributed by atoms with Crippen molar-refractivity contribution in [1.29, 1.82) is 0 Å². The molecule has 1 saturated heterocycles. The summed E-state index contributed by atoms with van der Waals surface area (Å²) in [5.74, 6) is -3.40. The zero-order valence-corrected chi connectivity index (χ0v) is 17.4. The minimum absolute atomic E-state index is 0.171. The quantitative estimate of drug-likeness (QED) is 0.353. The van der Waals surface area contributed by atoms with E-state index in [9.17, 15) is 24.0 Å². The standard InChI is InChI=1S/C19H24O12/c1-9(20)25-8-14-16(27-10(2)21)17(28-11(3)22)18(29-12(4)23)19(31-14)26-7-13-5-6-15(24)30-13/h5-6,13-14,16-19H,7-8H2,1-4H3/t13?,14-,16-,17+,18-,19-/m1/s1. The molecule has 2 rings (SSSR count). The van der Waals surface area contributed by atoms with Crippen LogP contribution in [0.5, 0.6) is 0 Å². The Labute approximate surface area is 177 Å². The minimum Gasteiger partial charge on any atom is -0.463 e. The van der Waals surface area contributed by atoms with Crippen LogP contribution in [0.15, 0.2) is 12.2 Å². The summed E-state index contributed by atoms with van der Waals surface area (Å²) in [6.07, 6.45) is -4.39. The van der Waals surface area contributed by atoms with E-state index in [0.29, 0.717) is 0 Å². The van der Waals surface area contributed by atoms with Crippen molar-refractivity contribution in [3.63, 3.8) is 0 Å². The molecule has 0 bridgehead atoms. The molecule has 0 amide bonds. The van der Waals surface area contributed by atoms with Gasteiger partial charge in [0.05, 0.1) is 6.61 Å². The van der Waals surface area contributed by atoms with Crippen LogP contribution in [0, 0.1) is 0 Å². The van der Waals surface area contributed by atoms with Crippen molar-refractivity contribution >= 4 is 29.8 Å². The number of ether oxygens (including phenoxy) is 7. The lowest BCUT2D eigenvalue weighted by Crippen LogP contribution is -2.63. The van der Waals surface area contributed by atoms with Crippen molar-refractivity contribution in [2.24, 2.45) is 0 Å². The molecule has 1 unspecified atom stereocenters.